The van der Waals surface area contributed by atoms with Gasteiger partial charge in [0.15, 0.2) is 0 Å². The fraction of sp³-hybridized carbons (Fsp3) is 0.429. The summed E-state index contributed by atoms with van der Waals surface area (Å²) in [4.78, 5) is 23.4. The van der Waals surface area contributed by atoms with Crippen molar-refractivity contribution < 1.29 is 14.1 Å². The number of anilines is 1. The van der Waals surface area contributed by atoms with Gasteiger partial charge in [-0.2, -0.15) is 4.98 Å². The molecule has 150 valence electrons. The Kier molecular flexibility index (Phi) is 4.54. The number of methoxy groups -OCH3 is 1. The number of aromatic nitrogens is 3. The quantitative estimate of drug-likeness (QED) is 0.712. The van der Waals surface area contributed by atoms with Gasteiger partial charge >= 0.3 is 0 Å². The third kappa shape index (κ3) is 3.50. The van der Waals surface area contributed by atoms with Gasteiger partial charge in [0, 0.05) is 30.6 Å². The third-order valence-corrected chi connectivity index (χ3v) is 5.71. The molecule has 1 saturated carbocycles. The van der Waals surface area contributed by atoms with Crippen molar-refractivity contribution in [3.05, 3.63) is 30.6 Å². The number of carbonyl (C=O) groups is 1. The highest BCUT2D eigenvalue weighted by molar-refractivity contribution is 5.98. The van der Waals surface area contributed by atoms with E-state index in [-0.39, 0.29) is 11.8 Å². The molecule has 29 heavy (non-hydrogen) atoms. The van der Waals surface area contributed by atoms with Crippen LogP contribution in [0.3, 0.4) is 0 Å². The fourth-order valence-corrected chi connectivity index (χ4v) is 3.86. The first kappa shape index (κ1) is 17.9. The number of hydrogen-bond donors (Lipinski definition) is 1. The van der Waals surface area contributed by atoms with Crippen LogP contribution in [0.15, 0.2) is 35.1 Å². The highest BCUT2D eigenvalue weighted by Gasteiger charge is 2.31. The van der Waals surface area contributed by atoms with Crippen molar-refractivity contribution in [1.82, 2.24) is 20.4 Å². The number of carbonyl (C=O) groups excluding carboxylic acids is 1. The number of nitrogens with one attached hydrogen (secondary N) is 1. The highest BCUT2D eigenvalue weighted by atomic mass is 16.5. The number of nitrogens with zero attached hydrogens (tertiary/aromatic N) is 4. The lowest BCUT2D eigenvalue weighted by Crippen LogP contribution is -2.41. The molecule has 8 heteroatoms. The molecule has 8 nitrogen and oxygen atoms in total. The standard InChI is InChI=1S/C21H23N5O3/c1-28-16-6-2-13(3-7-16)18-17-19(22-12-23-21(17)29-25-18)26-10-8-14(9-11-26)20(27)24-15-4-5-15/h2-3,6-7,12,14-15H,4-5,8-11H2,1H3,(H,24,27). The molecular formula is C21H23N5O3. The summed E-state index contributed by atoms with van der Waals surface area (Å²) in [6.07, 6.45) is 5.36. The second-order valence-electron chi connectivity index (χ2n) is 7.68. The van der Waals surface area contributed by atoms with Gasteiger partial charge in [0.2, 0.25) is 5.91 Å². The van der Waals surface area contributed by atoms with Crippen molar-refractivity contribution in [1.29, 1.82) is 0 Å². The van der Waals surface area contributed by atoms with Crippen molar-refractivity contribution in [2.75, 3.05) is 25.1 Å². The number of rotatable bonds is 5. The molecule has 1 saturated heterocycles. The molecule has 1 aromatic carbocycles. The lowest BCUT2D eigenvalue weighted by atomic mass is 9.95. The molecule has 0 spiro atoms. The Morgan fingerprint density at radius 3 is 2.59 bits per heavy atom. The van der Waals surface area contributed by atoms with E-state index in [9.17, 15) is 4.79 Å². The van der Waals surface area contributed by atoms with Crippen molar-refractivity contribution in [2.45, 2.75) is 31.7 Å². The molecular weight excluding hydrogens is 370 g/mol. The Morgan fingerprint density at radius 1 is 1.14 bits per heavy atom. The number of benzene rings is 1. The molecule has 3 aromatic rings. The number of ether oxygens (including phenoxy) is 1. The van der Waals surface area contributed by atoms with E-state index in [1.165, 1.54) is 6.33 Å². The van der Waals surface area contributed by atoms with E-state index in [0.717, 1.165) is 61.3 Å². The Balaban J connectivity index is 1.40. The zero-order valence-electron chi connectivity index (χ0n) is 16.3. The predicted octanol–water partition coefficient (Wildman–Crippen LogP) is 2.79. The molecule has 1 N–H and O–H groups in total. The van der Waals surface area contributed by atoms with Gasteiger partial charge in [0.1, 0.15) is 29.0 Å². The summed E-state index contributed by atoms with van der Waals surface area (Å²) in [6, 6.07) is 8.08. The summed E-state index contributed by atoms with van der Waals surface area (Å²) in [7, 11) is 1.64. The number of piperidine rings is 1. The van der Waals surface area contributed by atoms with Gasteiger partial charge in [-0.1, -0.05) is 5.16 Å². The molecule has 2 fully saturated rings. The fourth-order valence-electron chi connectivity index (χ4n) is 3.86. The van der Waals surface area contributed by atoms with E-state index in [0.29, 0.717) is 17.4 Å². The van der Waals surface area contributed by atoms with Gasteiger partial charge in [0.05, 0.1) is 7.11 Å². The Morgan fingerprint density at radius 2 is 1.90 bits per heavy atom. The van der Waals surface area contributed by atoms with Crippen LogP contribution < -0.4 is 15.0 Å². The first-order valence-electron chi connectivity index (χ1n) is 10.0. The van der Waals surface area contributed by atoms with Gasteiger partial charge in [-0.3, -0.25) is 4.79 Å². The molecule has 1 aliphatic carbocycles. The average Bonchev–Trinajstić information content (AvgIpc) is 3.48. The summed E-state index contributed by atoms with van der Waals surface area (Å²) in [5.74, 6) is 1.87. The zero-order valence-corrected chi connectivity index (χ0v) is 16.3. The van der Waals surface area contributed by atoms with Crippen molar-refractivity contribution in [3.63, 3.8) is 0 Å². The molecule has 0 bridgehead atoms. The van der Waals surface area contributed by atoms with Gasteiger partial charge in [0.25, 0.3) is 5.71 Å². The number of amides is 1. The van der Waals surface area contributed by atoms with Gasteiger partial charge < -0.3 is 19.5 Å². The first-order valence-corrected chi connectivity index (χ1v) is 10.0. The van der Waals surface area contributed by atoms with E-state index in [2.05, 4.69) is 25.3 Å². The molecule has 0 atom stereocenters. The highest BCUT2D eigenvalue weighted by Crippen LogP contribution is 2.35. The smallest absolute Gasteiger partial charge is 0.263 e. The van der Waals surface area contributed by atoms with Crippen LogP contribution in [0, 0.1) is 5.92 Å². The van der Waals surface area contributed by atoms with Crippen LogP contribution in [-0.2, 0) is 4.79 Å². The number of hydrogen-bond acceptors (Lipinski definition) is 7. The molecule has 0 unspecified atom stereocenters. The SMILES string of the molecule is COc1ccc(-c2noc3ncnc(N4CCC(C(=O)NC5CC5)CC4)c23)cc1. The molecule has 5 rings (SSSR count). The molecule has 2 aromatic heterocycles. The number of fused-ring (bicyclic) bond motifs is 1. The maximum Gasteiger partial charge on any atom is 0.263 e. The van der Waals surface area contributed by atoms with E-state index in [4.69, 9.17) is 9.26 Å². The maximum atomic E-state index is 12.4. The molecule has 1 amide bonds. The summed E-state index contributed by atoms with van der Waals surface area (Å²) in [5, 5.41) is 8.18. The van der Waals surface area contributed by atoms with Crippen LogP contribution in [0.2, 0.25) is 0 Å². The predicted molar refractivity (Wildman–Crippen MR) is 108 cm³/mol. The van der Waals surface area contributed by atoms with Crippen LogP contribution in [0.5, 0.6) is 5.75 Å². The van der Waals surface area contributed by atoms with Crippen LogP contribution in [0.4, 0.5) is 5.82 Å². The summed E-state index contributed by atoms with van der Waals surface area (Å²) in [5.41, 5.74) is 2.10. The zero-order chi connectivity index (χ0) is 19.8. The topological polar surface area (TPSA) is 93.4 Å². The first-order chi connectivity index (χ1) is 14.2. The summed E-state index contributed by atoms with van der Waals surface area (Å²) >= 11 is 0. The van der Waals surface area contributed by atoms with Crippen molar-refractivity contribution >= 4 is 22.8 Å². The minimum absolute atomic E-state index is 0.0766. The van der Waals surface area contributed by atoms with Crippen molar-refractivity contribution in [3.8, 4) is 17.0 Å². The van der Waals surface area contributed by atoms with E-state index in [1.54, 1.807) is 7.11 Å². The van der Waals surface area contributed by atoms with Gasteiger partial charge in [-0.15, -0.1) is 0 Å². The van der Waals surface area contributed by atoms with Gasteiger partial charge in [-0.05, 0) is 49.9 Å². The van der Waals surface area contributed by atoms with Crippen molar-refractivity contribution in [2.24, 2.45) is 5.92 Å². The molecule has 2 aliphatic rings. The van der Waals surface area contributed by atoms with Gasteiger partial charge in [-0.25, -0.2) is 4.98 Å². The maximum absolute atomic E-state index is 12.4. The monoisotopic (exact) mass is 393 g/mol. The molecule has 1 aliphatic heterocycles. The van der Waals surface area contributed by atoms with E-state index in [1.807, 2.05) is 24.3 Å². The van der Waals surface area contributed by atoms with E-state index >= 15 is 0 Å². The van der Waals surface area contributed by atoms with Crippen LogP contribution in [-0.4, -0.2) is 47.3 Å². The lowest BCUT2D eigenvalue weighted by molar-refractivity contribution is -0.125. The Bertz CT molecular complexity index is 1020. The Hall–Kier alpha value is -3.16. The normalized spacial score (nSPS) is 17.5. The van der Waals surface area contributed by atoms with Crippen LogP contribution in [0.25, 0.3) is 22.4 Å². The van der Waals surface area contributed by atoms with Crippen LogP contribution >= 0.6 is 0 Å². The third-order valence-electron chi connectivity index (χ3n) is 5.71. The lowest BCUT2D eigenvalue weighted by Gasteiger charge is -2.32. The minimum atomic E-state index is 0.0766. The Labute approximate surface area is 168 Å². The second-order valence-corrected chi connectivity index (χ2v) is 7.68. The largest absolute Gasteiger partial charge is 0.497 e. The summed E-state index contributed by atoms with van der Waals surface area (Å²) < 4.78 is 10.7. The minimum Gasteiger partial charge on any atom is -0.497 e. The molecule has 0 radical (unpaired) electrons. The van der Waals surface area contributed by atoms with Crippen LogP contribution in [0.1, 0.15) is 25.7 Å². The summed E-state index contributed by atoms with van der Waals surface area (Å²) in [6.45, 7) is 1.53. The second kappa shape index (κ2) is 7.35. The molecule has 3 heterocycles. The average molecular weight is 393 g/mol. The van der Waals surface area contributed by atoms with E-state index < -0.39 is 0 Å².